The zero-order chi connectivity index (χ0) is 16.5. The van der Waals surface area contributed by atoms with Crippen LogP contribution in [0.2, 0.25) is 0 Å². The van der Waals surface area contributed by atoms with Crippen molar-refractivity contribution in [2.45, 2.75) is 4.90 Å². The zero-order valence-electron chi connectivity index (χ0n) is 10.7. The van der Waals surface area contributed by atoms with Crippen molar-refractivity contribution in [3.05, 3.63) is 59.4 Å². The number of carbonyl (C=O) groups is 1. The van der Waals surface area contributed by atoms with Crippen LogP contribution >= 0.6 is 0 Å². The number of rotatable bonds is 4. The summed E-state index contributed by atoms with van der Waals surface area (Å²) in [5.74, 6) is -5.11. The van der Waals surface area contributed by atoms with Gasteiger partial charge in [0.2, 0.25) is 0 Å². The molecule has 9 heteroatoms. The molecule has 22 heavy (non-hydrogen) atoms. The van der Waals surface area contributed by atoms with Gasteiger partial charge >= 0.3 is 5.97 Å². The molecular weight excluding hydrogens is 323 g/mol. The summed E-state index contributed by atoms with van der Waals surface area (Å²) in [7, 11) is -4.49. The molecule has 0 saturated carbocycles. The summed E-state index contributed by atoms with van der Waals surface area (Å²) in [5.41, 5.74) is -1.79. The summed E-state index contributed by atoms with van der Waals surface area (Å²) in [6.07, 6.45) is 0. The second-order valence-electron chi connectivity index (χ2n) is 4.15. The van der Waals surface area contributed by atoms with Crippen molar-refractivity contribution in [2.24, 2.45) is 0 Å². The second kappa shape index (κ2) is 5.68. The number of hydrogen-bond donors (Lipinski definition) is 2. The summed E-state index contributed by atoms with van der Waals surface area (Å²) in [6, 6.07) is 4.70. The lowest BCUT2D eigenvalue weighted by Crippen LogP contribution is -2.16. The normalized spacial score (nSPS) is 11.2. The molecule has 0 amide bonds. The molecular formula is C13H8F3NO4S. The molecule has 0 heterocycles. The number of halogens is 3. The van der Waals surface area contributed by atoms with Crippen LogP contribution in [0.25, 0.3) is 0 Å². The summed E-state index contributed by atoms with van der Waals surface area (Å²) in [4.78, 5) is 10.1. The lowest BCUT2D eigenvalue weighted by molar-refractivity contribution is 0.0691. The maximum absolute atomic E-state index is 13.4. The highest BCUT2D eigenvalue weighted by Crippen LogP contribution is 2.23. The molecule has 0 aliphatic carbocycles. The molecule has 0 fully saturated rings. The zero-order valence-corrected chi connectivity index (χ0v) is 11.5. The van der Waals surface area contributed by atoms with Crippen molar-refractivity contribution >= 4 is 21.7 Å². The summed E-state index contributed by atoms with van der Waals surface area (Å²) in [5, 5.41) is 8.76. The third-order valence-electron chi connectivity index (χ3n) is 2.68. The molecule has 2 rings (SSSR count). The van der Waals surface area contributed by atoms with Gasteiger partial charge in [0.1, 0.15) is 23.1 Å². The van der Waals surface area contributed by atoms with E-state index in [-0.39, 0.29) is 0 Å². The Morgan fingerprint density at radius 1 is 1.00 bits per heavy atom. The first-order valence-corrected chi connectivity index (χ1v) is 7.20. The van der Waals surface area contributed by atoms with E-state index in [0.717, 1.165) is 24.3 Å². The van der Waals surface area contributed by atoms with Crippen LogP contribution in [0, 0.1) is 17.5 Å². The molecule has 2 aromatic rings. The maximum atomic E-state index is 13.4. The van der Waals surface area contributed by atoms with Crippen LogP contribution in [0.4, 0.5) is 18.9 Å². The van der Waals surface area contributed by atoms with E-state index in [4.69, 9.17) is 5.11 Å². The molecule has 0 aromatic heterocycles. The van der Waals surface area contributed by atoms with Crippen molar-refractivity contribution in [3.8, 4) is 0 Å². The van der Waals surface area contributed by atoms with Crippen molar-refractivity contribution in [1.29, 1.82) is 0 Å². The average Bonchev–Trinajstić information content (AvgIpc) is 2.43. The van der Waals surface area contributed by atoms with Gasteiger partial charge in [-0.05, 0) is 30.3 Å². The van der Waals surface area contributed by atoms with Crippen molar-refractivity contribution < 1.29 is 31.5 Å². The number of hydrogen-bond acceptors (Lipinski definition) is 3. The van der Waals surface area contributed by atoms with Gasteiger partial charge in [-0.25, -0.2) is 26.4 Å². The molecule has 0 spiro atoms. The van der Waals surface area contributed by atoms with E-state index >= 15 is 0 Å². The highest BCUT2D eigenvalue weighted by molar-refractivity contribution is 7.92. The minimum atomic E-state index is -4.49. The first-order valence-electron chi connectivity index (χ1n) is 5.72. The van der Waals surface area contributed by atoms with Crippen LogP contribution in [0.1, 0.15) is 10.4 Å². The number of carboxylic acid groups (broad SMARTS) is 1. The molecule has 0 unspecified atom stereocenters. The smallest absolute Gasteiger partial charge is 0.338 e. The predicted molar refractivity (Wildman–Crippen MR) is 70.5 cm³/mol. The van der Waals surface area contributed by atoms with Gasteiger partial charge in [-0.1, -0.05) is 6.07 Å². The van der Waals surface area contributed by atoms with Gasteiger partial charge in [0.15, 0.2) is 0 Å². The Labute approximate surface area is 123 Å². The molecule has 0 atom stereocenters. The summed E-state index contributed by atoms with van der Waals surface area (Å²) in [6.45, 7) is 0. The summed E-state index contributed by atoms with van der Waals surface area (Å²) >= 11 is 0. The van der Waals surface area contributed by atoms with Gasteiger partial charge in [0.05, 0.1) is 10.5 Å². The van der Waals surface area contributed by atoms with Crippen LogP contribution < -0.4 is 4.72 Å². The quantitative estimate of drug-likeness (QED) is 0.902. The van der Waals surface area contributed by atoms with E-state index in [9.17, 15) is 26.4 Å². The standard InChI is InChI=1S/C13H8F3NO4S/c14-9-5-4-7(6-8(9)13(18)19)22(20,21)17-12-10(15)2-1-3-11(12)16/h1-6,17H,(H,18,19). The van der Waals surface area contributed by atoms with Gasteiger partial charge in [-0.15, -0.1) is 0 Å². The Bertz CT molecular complexity index is 832. The van der Waals surface area contributed by atoms with E-state index in [1.807, 2.05) is 0 Å². The van der Waals surface area contributed by atoms with E-state index in [0.29, 0.717) is 12.1 Å². The van der Waals surface area contributed by atoms with Gasteiger partial charge in [0.25, 0.3) is 10.0 Å². The molecule has 0 saturated heterocycles. The molecule has 116 valence electrons. The number of sulfonamides is 1. The molecule has 2 aromatic carbocycles. The van der Waals surface area contributed by atoms with Crippen molar-refractivity contribution in [3.63, 3.8) is 0 Å². The number of benzene rings is 2. The largest absolute Gasteiger partial charge is 0.478 e. The Balaban J connectivity index is 2.48. The Kier molecular flexibility index (Phi) is 4.09. The molecule has 0 aliphatic rings. The molecule has 0 radical (unpaired) electrons. The monoisotopic (exact) mass is 331 g/mol. The number of carboxylic acids is 1. The van der Waals surface area contributed by atoms with Gasteiger partial charge in [0, 0.05) is 0 Å². The molecule has 0 bridgehead atoms. The topological polar surface area (TPSA) is 83.5 Å². The highest BCUT2D eigenvalue weighted by Gasteiger charge is 2.22. The van der Waals surface area contributed by atoms with E-state index in [1.165, 1.54) is 0 Å². The van der Waals surface area contributed by atoms with Crippen LogP contribution in [0.3, 0.4) is 0 Å². The van der Waals surface area contributed by atoms with Gasteiger partial charge in [-0.2, -0.15) is 0 Å². The fourth-order valence-electron chi connectivity index (χ4n) is 1.62. The lowest BCUT2D eigenvalue weighted by atomic mass is 10.2. The minimum absolute atomic E-state index is 0.554. The number of aromatic carboxylic acids is 1. The predicted octanol–water partition coefficient (Wildman–Crippen LogP) is 2.60. The Morgan fingerprint density at radius 3 is 2.14 bits per heavy atom. The number of anilines is 1. The minimum Gasteiger partial charge on any atom is -0.478 e. The fraction of sp³-hybridized carbons (Fsp3) is 0. The van der Waals surface area contributed by atoms with Crippen LogP contribution in [0.5, 0.6) is 0 Å². The summed E-state index contributed by atoms with van der Waals surface area (Å²) < 4.78 is 65.9. The maximum Gasteiger partial charge on any atom is 0.338 e. The van der Waals surface area contributed by atoms with Crippen LogP contribution in [0.15, 0.2) is 41.3 Å². The first kappa shape index (κ1) is 15.8. The van der Waals surface area contributed by atoms with E-state index in [2.05, 4.69) is 0 Å². The van der Waals surface area contributed by atoms with Gasteiger partial charge < -0.3 is 5.11 Å². The number of para-hydroxylation sites is 1. The Hall–Kier alpha value is -2.55. The second-order valence-corrected chi connectivity index (χ2v) is 5.83. The fourth-order valence-corrected chi connectivity index (χ4v) is 2.73. The van der Waals surface area contributed by atoms with E-state index in [1.54, 1.807) is 4.72 Å². The SMILES string of the molecule is O=C(O)c1cc(S(=O)(=O)Nc2c(F)cccc2F)ccc1F. The lowest BCUT2D eigenvalue weighted by Gasteiger charge is -2.10. The number of nitrogens with one attached hydrogen (secondary N) is 1. The average molecular weight is 331 g/mol. The first-order chi connectivity index (χ1) is 10.2. The van der Waals surface area contributed by atoms with Gasteiger partial charge in [-0.3, -0.25) is 4.72 Å². The van der Waals surface area contributed by atoms with Crippen molar-refractivity contribution in [1.82, 2.24) is 0 Å². The van der Waals surface area contributed by atoms with E-state index < -0.39 is 49.6 Å². The third-order valence-corrected chi connectivity index (χ3v) is 4.03. The Morgan fingerprint density at radius 2 is 1.59 bits per heavy atom. The van der Waals surface area contributed by atoms with Crippen LogP contribution in [-0.2, 0) is 10.0 Å². The molecule has 0 aliphatic heterocycles. The van der Waals surface area contributed by atoms with Crippen LogP contribution in [-0.4, -0.2) is 19.5 Å². The highest BCUT2D eigenvalue weighted by atomic mass is 32.2. The molecule has 5 nitrogen and oxygen atoms in total. The third kappa shape index (κ3) is 3.03. The molecule has 2 N–H and O–H groups in total. The van der Waals surface area contributed by atoms with Crippen molar-refractivity contribution in [2.75, 3.05) is 4.72 Å².